The van der Waals surface area contributed by atoms with Crippen LogP contribution in [0, 0.1) is 14.3 Å². The molecule has 8 aromatic rings. The van der Waals surface area contributed by atoms with E-state index in [1.165, 1.54) is 54.9 Å². The molecular formula is C45H29I3O. The van der Waals surface area contributed by atoms with Crippen molar-refractivity contribution in [3.05, 3.63) is 207 Å². The van der Waals surface area contributed by atoms with Gasteiger partial charge < -0.3 is 0 Å². The van der Waals surface area contributed by atoms with Gasteiger partial charge in [-0.3, -0.25) is 0 Å². The van der Waals surface area contributed by atoms with Crippen LogP contribution in [-0.4, -0.2) is 3.51 Å². The number of hydrogen-bond donors (Lipinski definition) is 0. The van der Waals surface area contributed by atoms with Crippen molar-refractivity contribution in [2.75, 3.05) is 0 Å². The zero-order valence-corrected chi connectivity index (χ0v) is 32.8. The summed E-state index contributed by atoms with van der Waals surface area (Å²) < 4.78 is 16.2. The molecule has 0 N–H and O–H groups in total. The Morgan fingerprint density at radius 2 is 1.02 bits per heavy atom. The number of hydrogen-bond acceptors (Lipinski definition) is 1. The van der Waals surface area contributed by atoms with Gasteiger partial charge in [-0.2, -0.15) is 0 Å². The van der Waals surface area contributed by atoms with Gasteiger partial charge in [-0.1, -0.05) is 0 Å². The normalized spacial score (nSPS) is 15.3. The zero-order chi connectivity index (χ0) is 32.3. The molecule has 0 atom stereocenters. The van der Waals surface area contributed by atoms with Gasteiger partial charge in [0.1, 0.15) is 0 Å². The fourth-order valence-corrected chi connectivity index (χ4v) is 33.1. The van der Waals surface area contributed by atoms with E-state index < -0.39 is 35.7 Å². The van der Waals surface area contributed by atoms with Crippen LogP contribution in [0.3, 0.4) is 0 Å². The first-order chi connectivity index (χ1) is 24.3. The molecule has 0 fully saturated rings. The second kappa shape index (κ2) is 12.5. The van der Waals surface area contributed by atoms with Crippen LogP contribution in [0.2, 0.25) is 0 Å². The van der Waals surface area contributed by atoms with E-state index in [0.717, 1.165) is 11.2 Å². The zero-order valence-electron chi connectivity index (χ0n) is 26.3. The summed E-state index contributed by atoms with van der Waals surface area (Å²) in [6.45, 7) is 0. The van der Waals surface area contributed by atoms with Crippen molar-refractivity contribution in [3.8, 4) is 11.1 Å². The SMILES string of the molecule is c1ccc(C2=II(c3ccccc3)C(c3ccccc3)=C2c2cc(I3c4ccccc4-c4ccccc43)cc3c2oc2ccccc23)cc1. The first-order valence-corrected chi connectivity index (χ1v) is 29.1. The monoisotopic (exact) mass is 966 g/mol. The predicted molar refractivity (Wildman–Crippen MR) is 233 cm³/mol. The van der Waals surface area contributed by atoms with Crippen LogP contribution in [-0.2, 0) is 0 Å². The van der Waals surface area contributed by atoms with Crippen molar-refractivity contribution in [2.24, 2.45) is 0 Å². The molecule has 0 saturated heterocycles. The van der Waals surface area contributed by atoms with Crippen LogP contribution in [0.15, 0.2) is 180 Å². The Balaban J connectivity index is 1.34. The van der Waals surface area contributed by atoms with Crippen LogP contribution in [0.5, 0.6) is 0 Å². The average Bonchev–Trinajstić information content (AvgIpc) is 3.86. The van der Waals surface area contributed by atoms with Gasteiger partial charge in [0, 0.05) is 0 Å². The van der Waals surface area contributed by atoms with E-state index in [1.54, 1.807) is 10.7 Å². The third-order valence-electron chi connectivity index (χ3n) is 9.10. The standard InChI is InChI=1S/C45H29I3O/c1-4-16-30(17-5-1)43-42(44(31-18-6-2-7-19-31)48(46-43)32-20-8-3-9-21-32)38-29-33(28-37-36-24-12-15-27-41(36)49-45(37)38)47-39-25-13-10-22-34(39)35-23-11-14-26-40(35)47/h1-29H. The van der Waals surface area contributed by atoms with Gasteiger partial charge >= 0.3 is 309 Å². The van der Waals surface area contributed by atoms with Crippen LogP contribution >= 0.6 is 52.4 Å². The van der Waals surface area contributed by atoms with Crippen molar-refractivity contribution in [1.82, 2.24) is 0 Å². The fourth-order valence-electron chi connectivity index (χ4n) is 6.95. The Kier molecular flexibility index (Phi) is 7.64. The second-order valence-corrected chi connectivity index (χ2v) is 30.6. The van der Waals surface area contributed by atoms with E-state index in [2.05, 4.69) is 176 Å². The summed E-state index contributed by atoms with van der Waals surface area (Å²) in [7, 11) is 0. The topological polar surface area (TPSA) is 13.1 Å². The van der Waals surface area contributed by atoms with Gasteiger partial charge in [0.15, 0.2) is 0 Å². The van der Waals surface area contributed by atoms with Crippen molar-refractivity contribution >= 4 is 87.0 Å². The third-order valence-corrected chi connectivity index (χ3v) is 32.4. The maximum atomic E-state index is 6.96. The van der Waals surface area contributed by atoms with Crippen molar-refractivity contribution < 1.29 is 4.42 Å². The molecule has 0 saturated carbocycles. The molecular weight excluding hydrogens is 937 g/mol. The van der Waals surface area contributed by atoms with E-state index in [0.29, 0.717) is 0 Å². The molecule has 0 aliphatic carbocycles. The Morgan fingerprint density at radius 1 is 0.449 bits per heavy atom. The molecule has 3 heterocycles. The number of allylic oxidation sites excluding steroid dienone is 1. The van der Waals surface area contributed by atoms with E-state index in [-0.39, 0.29) is 16.8 Å². The molecule has 236 valence electrons. The minimum absolute atomic E-state index is 0.296. The number of furan rings is 1. The van der Waals surface area contributed by atoms with Gasteiger partial charge in [0.25, 0.3) is 0 Å². The van der Waals surface area contributed by atoms with Crippen molar-refractivity contribution in [2.45, 2.75) is 0 Å². The molecule has 0 spiro atoms. The average molecular weight is 966 g/mol. The predicted octanol–water partition coefficient (Wildman–Crippen LogP) is 13.3. The van der Waals surface area contributed by atoms with Crippen LogP contribution < -0.4 is 0 Å². The summed E-state index contributed by atoms with van der Waals surface area (Å²) >= 11 is -4.15. The van der Waals surface area contributed by atoms with Gasteiger partial charge in [-0.05, 0) is 0 Å². The first kappa shape index (κ1) is 30.0. The molecule has 10 rings (SSSR count). The Labute approximate surface area is 306 Å². The molecule has 0 radical (unpaired) electrons. The Bertz CT molecular complexity index is 2560. The molecule has 0 amide bonds. The number of benzene rings is 7. The Hall–Kier alpha value is -3.86. The van der Waals surface area contributed by atoms with Crippen molar-refractivity contribution in [3.63, 3.8) is 0 Å². The first-order valence-electron chi connectivity index (χ1n) is 16.3. The van der Waals surface area contributed by atoms with Crippen LogP contribution in [0.25, 0.3) is 42.2 Å². The number of halogens is 3. The molecule has 0 unspecified atom stereocenters. The molecule has 1 nitrogen and oxygen atoms in total. The van der Waals surface area contributed by atoms with E-state index in [1.807, 2.05) is 0 Å². The fraction of sp³-hybridized carbons (Fsp3) is 0. The number of para-hydroxylation sites is 1. The van der Waals surface area contributed by atoms with Gasteiger partial charge in [-0.25, -0.2) is 0 Å². The second-order valence-electron chi connectivity index (χ2n) is 12.0. The quantitative estimate of drug-likeness (QED) is 0.157. The molecule has 0 bridgehead atoms. The van der Waals surface area contributed by atoms with E-state index in [9.17, 15) is 0 Å². The summed E-state index contributed by atoms with van der Waals surface area (Å²) in [6.07, 6.45) is 0. The summed E-state index contributed by atoms with van der Waals surface area (Å²) in [6, 6.07) is 65.9. The maximum absolute atomic E-state index is 6.96. The van der Waals surface area contributed by atoms with Gasteiger partial charge in [0.05, 0.1) is 0 Å². The number of fused-ring (bicyclic) bond motifs is 6. The van der Waals surface area contributed by atoms with E-state index >= 15 is 0 Å². The Morgan fingerprint density at radius 3 is 1.71 bits per heavy atom. The summed E-state index contributed by atoms with van der Waals surface area (Å²) in [5.41, 5.74) is 10.2. The van der Waals surface area contributed by atoms with Crippen molar-refractivity contribution in [1.29, 1.82) is 0 Å². The molecule has 2 aliphatic heterocycles. The molecule has 1 aromatic heterocycles. The summed E-state index contributed by atoms with van der Waals surface area (Å²) in [4.78, 5) is 0. The summed E-state index contributed by atoms with van der Waals surface area (Å²) in [5.74, 6) is 0. The minimum atomic E-state index is -2.03. The molecule has 2 aliphatic rings. The van der Waals surface area contributed by atoms with Gasteiger partial charge in [0.2, 0.25) is 0 Å². The van der Waals surface area contributed by atoms with Gasteiger partial charge in [-0.15, -0.1) is 0 Å². The third kappa shape index (κ3) is 5.01. The molecule has 4 heteroatoms. The van der Waals surface area contributed by atoms with E-state index in [4.69, 9.17) is 4.42 Å². The molecule has 49 heavy (non-hydrogen) atoms. The molecule has 7 aromatic carbocycles. The van der Waals surface area contributed by atoms with Crippen LogP contribution in [0.4, 0.5) is 0 Å². The number of rotatable bonds is 5. The summed E-state index contributed by atoms with van der Waals surface area (Å²) in [5, 5.41) is 2.44. The van der Waals surface area contributed by atoms with Crippen LogP contribution in [0.1, 0.15) is 16.7 Å².